The maximum absolute atomic E-state index is 12.7. The van der Waals surface area contributed by atoms with Crippen LogP contribution in [0.3, 0.4) is 0 Å². The molecule has 3 aromatic rings. The first-order chi connectivity index (χ1) is 11.9. The summed E-state index contributed by atoms with van der Waals surface area (Å²) in [5.74, 6) is 0.663. The second-order valence-corrected chi connectivity index (χ2v) is 6.62. The van der Waals surface area contributed by atoms with Gasteiger partial charge in [0.2, 0.25) is 5.95 Å². The summed E-state index contributed by atoms with van der Waals surface area (Å²) in [5, 5.41) is 0.688. The van der Waals surface area contributed by atoms with Crippen molar-refractivity contribution in [1.29, 1.82) is 0 Å². The van der Waals surface area contributed by atoms with E-state index in [1.807, 2.05) is 34.6 Å². The number of nitrogens with zero attached hydrogens (tertiary/aromatic N) is 5. The third kappa shape index (κ3) is 2.15. The highest BCUT2D eigenvalue weighted by molar-refractivity contribution is 6.31. The van der Waals surface area contributed by atoms with Crippen LogP contribution in [0.5, 0.6) is 0 Å². The van der Waals surface area contributed by atoms with Crippen molar-refractivity contribution in [2.75, 3.05) is 11.4 Å². The molecule has 0 spiro atoms. The zero-order valence-corrected chi connectivity index (χ0v) is 15.0. The van der Waals surface area contributed by atoms with Gasteiger partial charge in [-0.1, -0.05) is 17.7 Å². The minimum atomic E-state index is -0.346. The highest BCUT2D eigenvalue weighted by atomic mass is 35.5. The fourth-order valence-electron chi connectivity index (χ4n) is 3.35. The van der Waals surface area contributed by atoms with Gasteiger partial charge in [0.1, 0.15) is 0 Å². The predicted molar refractivity (Wildman–Crippen MR) is 98.1 cm³/mol. The molecule has 8 heteroatoms. The smallest absolute Gasteiger partial charge is 0.310 e. The van der Waals surface area contributed by atoms with E-state index < -0.39 is 0 Å². The molecule has 0 saturated carbocycles. The zero-order chi connectivity index (χ0) is 17.9. The second-order valence-electron chi connectivity index (χ2n) is 6.21. The SMILES string of the molecule is CCn1c(=O)c2c(nc3n2CCN3c2ccc(C)c(Cl)c2)n(C)c1=O. The lowest BCUT2D eigenvalue weighted by Crippen LogP contribution is -2.39. The van der Waals surface area contributed by atoms with Gasteiger partial charge in [0.15, 0.2) is 11.2 Å². The number of anilines is 2. The van der Waals surface area contributed by atoms with Crippen LogP contribution in [0.15, 0.2) is 27.8 Å². The monoisotopic (exact) mass is 359 g/mol. The highest BCUT2D eigenvalue weighted by Gasteiger charge is 2.28. The maximum atomic E-state index is 12.7. The van der Waals surface area contributed by atoms with Crippen LogP contribution in [-0.4, -0.2) is 25.2 Å². The summed E-state index contributed by atoms with van der Waals surface area (Å²) in [4.78, 5) is 31.7. The van der Waals surface area contributed by atoms with Crippen molar-refractivity contribution < 1.29 is 0 Å². The van der Waals surface area contributed by atoms with E-state index in [4.69, 9.17) is 11.6 Å². The number of hydrogen-bond acceptors (Lipinski definition) is 4. The molecule has 0 unspecified atom stereocenters. The average molecular weight is 360 g/mol. The summed E-state index contributed by atoms with van der Waals surface area (Å²) in [5.41, 5.74) is 2.18. The summed E-state index contributed by atoms with van der Waals surface area (Å²) >= 11 is 6.26. The summed E-state index contributed by atoms with van der Waals surface area (Å²) in [6.07, 6.45) is 0. The van der Waals surface area contributed by atoms with E-state index in [1.54, 1.807) is 14.0 Å². The standard InChI is InChI=1S/C17H18ClN5O2/c1-4-21-15(24)13-14(20(3)17(21)25)19-16-22(7-8-23(13)16)11-6-5-10(2)12(18)9-11/h5-6,9H,4,7-8H2,1-3H3. The van der Waals surface area contributed by atoms with Crippen molar-refractivity contribution in [3.05, 3.63) is 49.6 Å². The van der Waals surface area contributed by atoms with Crippen LogP contribution in [0.4, 0.5) is 11.6 Å². The number of aromatic nitrogens is 4. The molecule has 0 atom stereocenters. The molecule has 130 valence electrons. The van der Waals surface area contributed by atoms with Gasteiger partial charge >= 0.3 is 5.69 Å². The van der Waals surface area contributed by atoms with Gasteiger partial charge in [-0.25, -0.2) is 4.79 Å². The zero-order valence-electron chi connectivity index (χ0n) is 14.3. The van der Waals surface area contributed by atoms with Gasteiger partial charge in [0, 0.05) is 37.4 Å². The Hall–Kier alpha value is -2.54. The number of rotatable bonds is 2. The van der Waals surface area contributed by atoms with Crippen molar-refractivity contribution >= 4 is 34.4 Å². The molecule has 0 aliphatic carbocycles. The fraction of sp³-hybridized carbons (Fsp3) is 0.353. The van der Waals surface area contributed by atoms with Crippen molar-refractivity contribution in [1.82, 2.24) is 18.7 Å². The summed E-state index contributed by atoms with van der Waals surface area (Å²) in [7, 11) is 1.64. The number of imidazole rings is 1. The van der Waals surface area contributed by atoms with E-state index >= 15 is 0 Å². The first kappa shape index (κ1) is 16.0. The number of fused-ring (bicyclic) bond motifs is 3. The minimum absolute atomic E-state index is 0.289. The maximum Gasteiger partial charge on any atom is 0.332 e. The lowest BCUT2D eigenvalue weighted by molar-refractivity contribution is 0.633. The molecule has 1 aromatic carbocycles. The average Bonchev–Trinajstić information content (AvgIpc) is 3.15. The molecule has 0 amide bonds. The predicted octanol–water partition coefficient (Wildman–Crippen LogP) is 2.03. The topological polar surface area (TPSA) is 65.1 Å². The van der Waals surface area contributed by atoms with Crippen molar-refractivity contribution in [3.8, 4) is 0 Å². The van der Waals surface area contributed by atoms with Crippen LogP contribution in [0.1, 0.15) is 12.5 Å². The van der Waals surface area contributed by atoms with Crippen molar-refractivity contribution in [2.24, 2.45) is 7.05 Å². The van der Waals surface area contributed by atoms with Gasteiger partial charge in [-0.05, 0) is 31.5 Å². The molecule has 7 nitrogen and oxygen atoms in total. The van der Waals surface area contributed by atoms with Crippen LogP contribution in [-0.2, 0) is 20.1 Å². The van der Waals surface area contributed by atoms with Gasteiger partial charge < -0.3 is 9.47 Å². The molecular weight excluding hydrogens is 342 g/mol. The Morgan fingerprint density at radius 2 is 2.00 bits per heavy atom. The highest BCUT2D eigenvalue weighted by Crippen LogP contribution is 2.33. The van der Waals surface area contributed by atoms with Crippen LogP contribution in [0.25, 0.3) is 11.2 Å². The molecular formula is C17H18ClN5O2. The molecule has 0 fully saturated rings. The lowest BCUT2D eigenvalue weighted by atomic mass is 10.2. The van der Waals surface area contributed by atoms with Crippen molar-refractivity contribution in [3.63, 3.8) is 0 Å². The Kier molecular flexibility index (Phi) is 3.50. The molecule has 4 rings (SSSR count). The molecule has 0 N–H and O–H groups in total. The molecule has 1 aliphatic heterocycles. The van der Waals surface area contributed by atoms with E-state index in [0.29, 0.717) is 41.8 Å². The second kappa shape index (κ2) is 5.49. The third-order valence-electron chi connectivity index (χ3n) is 4.78. The van der Waals surface area contributed by atoms with Gasteiger partial charge in [-0.3, -0.25) is 13.9 Å². The lowest BCUT2D eigenvalue weighted by Gasteiger charge is -2.16. The van der Waals surface area contributed by atoms with Gasteiger partial charge in [-0.15, -0.1) is 0 Å². The van der Waals surface area contributed by atoms with Gasteiger partial charge in [0.25, 0.3) is 5.56 Å². The molecule has 0 radical (unpaired) electrons. The molecule has 0 saturated heterocycles. The van der Waals surface area contributed by atoms with E-state index in [0.717, 1.165) is 11.3 Å². The van der Waals surface area contributed by atoms with Gasteiger partial charge in [-0.2, -0.15) is 4.98 Å². The summed E-state index contributed by atoms with van der Waals surface area (Å²) < 4.78 is 4.56. The first-order valence-corrected chi connectivity index (χ1v) is 8.55. The fourth-order valence-corrected chi connectivity index (χ4v) is 3.53. The number of aryl methyl sites for hydroxylation is 2. The van der Waals surface area contributed by atoms with E-state index in [1.165, 1.54) is 9.13 Å². The minimum Gasteiger partial charge on any atom is -0.310 e. The summed E-state index contributed by atoms with van der Waals surface area (Å²) in [6.45, 7) is 5.41. The Bertz CT molecular complexity index is 1120. The van der Waals surface area contributed by atoms with Crippen LogP contribution in [0.2, 0.25) is 5.02 Å². The van der Waals surface area contributed by atoms with Crippen LogP contribution >= 0.6 is 11.6 Å². The quantitative estimate of drug-likeness (QED) is 0.702. The first-order valence-electron chi connectivity index (χ1n) is 8.17. The molecule has 3 heterocycles. The number of hydrogen-bond donors (Lipinski definition) is 0. The largest absolute Gasteiger partial charge is 0.332 e. The molecule has 0 bridgehead atoms. The van der Waals surface area contributed by atoms with Gasteiger partial charge in [0.05, 0.1) is 0 Å². The molecule has 1 aliphatic rings. The Morgan fingerprint density at radius 1 is 1.24 bits per heavy atom. The number of benzene rings is 1. The molecule has 2 aromatic heterocycles. The summed E-state index contributed by atoms with van der Waals surface area (Å²) in [6, 6.07) is 5.84. The van der Waals surface area contributed by atoms with Crippen LogP contribution < -0.4 is 16.1 Å². The molecule has 25 heavy (non-hydrogen) atoms. The van der Waals surface area contributed by atoms with Crippen LogP contribution in [0, 0.1) is 6.92 Å². The van der Waals surface area contributed by atoms with Crippen molar-refractivity contribution in [2.45, 2.75) is 26.9 Å². The third-order valence-corrected chi connectivity index (χ3v) is 5.19. The Labute approximate surface area is 148 Å². The normalized spacial score (nSPS) is 13.7. The van der Waals surface area contributed by atoms with E-state index in [9.17, 15) is 9.59 Å². The Balaban J connectivity index is 1.97. The van der Waals surface area contributed by atoms with E-state index in [2.05, 4.69) is 4.98 Å². The number of halogens is 1. The van der Waals surface area contributed by atoms with E-state index in [-0.39, 0.29) is 11.2 Å². The Morgan fingerprint density at radius 3 is 2.68 bits per heavy atom.